The third kappa shape index (κ3) is 4.39. The Kier molecular flexibility index (Phi) is 4.81. The van der Waals surface area contributed by atoms with Crippen LogP contribution in [0.4, 0.5) is 5.69 Å². The largest absolute Gasteiger partial charge is 0.488 e. The summed E-state index contributed by atoms with van der Waals surface area (Å²) in [5.41, 5.74) is 1.64. The molecular formula is C19H26N4O2. The predicted molar refractivity (Wildman–Crippen MR) is 97.8 cm³/mol. The lowest BCUT2D eigenvalue weighted by Gasteiger charge is -2.21. The van der Waals surface area contributed by atoms with Crippen molar-refractivity contribution in [2.24, 2.45) is 13.0 Å². The monoisotopic (exact) mass is 342 g/mol. The van der Waals surface area contributed by atoms with Crippen molar-refractivity contribution in [1.29, 1.82) is 0 Å². The van der Waals surface area contributed by atoms with Gasteiger partial charge in [0.15, 0.2) is 0 Å². The van der Waals surface area contributed by atoms with E-state index in [0.717, 1.165) is 23.5 Å². The number of amides is 1. The second-order valence-corrected chi connectivity index (χ2v) is 7.55. The van der Waals surface area contributed by atoms with Gasteiger partial charge in [-0.3, -0.25) is 9.48 Å². The van der Waals surface area contributed by atoms with Gasteiger partial charge in [0.1, 0.15) is 11.4 Å². The van der Waals surface area contributed by atoms with E-state index in [1.807, 2.05) is 64.5 Å². The number of anilines is 1. The number of benzene rings is 1. The zero-order valence-corrected chi connectivity index (χ0v) is 15.2. The number of hydrogen-bond donors (Lipinski definition) is 2. The van der Waals surface area contributed by atoms with Gasteiger partial charge in [-0.05, 0) is 50.6 Å². The molecule has 2 heterocycles. The molecule has 1 aliphatic rings. The summed E-state index contributed by atoms with van der Waals surface area (Å²) in [6.07, 6.45) is 3.83. The first-order valence-electron chi connectivity index (χ1n) is 8.61. The minimum Gasteiger partial charge on any atom is -0.488 e. The van der Waals surface area contributed by atoms with Gasteiger partial charge in [-0.25, -0.2) is 0 Å². The van der Waals surface area contributed by atoms with Crippen LogP contribution in [0.15, 0.2) is 36.7 Å². The maximum Gasteiger partial charge on any atom is 0.229 e. The quantitative estimate of drug-likeness (QED) is 0.896. The van der Waals surface area contributed by atoms with E-state index in [2.05, 4.69) is 15.7 Å². The van der Waals surface area contributed by atoms with Crippen LogP contribution in [-0.4, -0.2) is 34.4 Å². The predicted octanol–water partition coefficient (Wildman–Crippen LogP) is 2.54. The Morgan fingerprint density at radius 1 is 1.28 bits per heavy atom. The van der Waals surface area contributed by atoms with E-state index in [-0.39, 0.29) is 23.3 Å². The maximum absolute atomic E-state index is 12.7. The molecule has 6 nitrogen and oxygen atoms in total. The molecule has 25 heavy (non-hydrogen) atoms. The van der Waals surface area contributed by atoms with Crippen molar-refractivity contribution >= 4 is 11.6 Å². The van der Waals surface area contributed by atoms with E-state index in [0.29, 0.717) is 6.54 Å². The fourth-order valence-electron chi connectivity index (χ4n) is 3.13. The van der Waals surface area contributed by atoms with Crippen molar-refractivity contribution in [3.63, 3.8) is 0 Å². The van der Waals surface area contributed by atoms with Crippen LogP contribution < -0.4 is 15.4 Å². The van der Waals surface area contributed by atoms with Crippen molar-refractivity contribution in [1.82, 2.24) is 15.1 Å². The standard InChI is InChI=1S/C19H26N4O2/c1-19(2,3)25-15-7-5-14(6-8-15)22-18(24)17-11-20-10-16(17)13-9-21-23(4)12-13/h5-9,12,16-17,20H,10-11H2,1-4H3,(H,22,24)/t16-,17+/m1/s1. The molecule has 6 heteroatoms. The molecule has 134 valence electrons. The highest BCUT2D eigenvalue weighted by molar-refractivity contribution is 5.93. The minimum atomic E-state index is -0.239. The van der Waals surface area contributed by atoms with Crippen LogP contribution in [0.1, 0.15) is 32.3 Å². The Morgan fingerprint density at radius 2 is 2.00 bits per heavy atom. The average molecular weight is 342 g/mol. The first-order chi connectivity index (χ1) is 11.8. The number of ether oxygens (including phenoxy) is 1. The minimum absolute atomic E-state index is 0.0309. The Hall–Kier alpha value is -2.34. The third-order valence-corrected chi connectivity index (χ3v) is 4.25. The summed E-state index contributed by atoms with van der Waals surface area (Å²) in [7, 11) is 1.89. The molecule has 2 N–H and O–H groups in total. The Balaban J connectivity index is 1.65. The normalized spacial score (nSPS) is 20.5. The van der Waals surface area contributed by atoms with E-state index in [4.69, 9.17) is 4.74 Å². The number of nitrogens with one attached hydrogen (secondary N) is 2. The van der Waals surface area contributed by atoms with E-state index < -0.39 is 0 Å². The number of carbonyl (C=O) groups is 1. The molecule has 0 radical (unpaired) electrons. The molecule has 2 aromatic rings. The molecule has 0 spiro atoms. The summed E-state index contributed by atoms with van der Waals surface area (Å²) in [5, 5.41) is 10.6. The van der Waals surface area contributed by atoms with E-state index in [9.17, 15) is 4.79 Å². The van der Waals surface area contributed by atoms with Gasteiger partial charge >= 0.3 is 0 Å². The number of rotatable bonds is 4. The number of carbonyl (C=O) groups excluding carboxylic acids is 1. The van der Waals surface area contributed by atoms with Crippen LogP contribution in [0.25, 0.3) is 0 Å². The van der Waals surface area contributed by atoms with E-state index in [1.165, 1.54) is 0 Å². The van der Waals surface area contributed by atoms with Crippen molar-refractivity contribution in [3.8, 4) is 5.75 Å². The summed E-state index contributed by atoms with van der Waals surface area (Å²) in [6, 6.07) is 7.51. The topological polar surface area (TPSA) is 68.2 Å². The van der Waals surface area contributed by atoms with Crippen molar-refractivity contribution in [2.45, 2.75) is 32.3 Å². The van der Waals surface area contributed by atoms with Crippen molar-refractivity contribution in [3.05, 3.63) is 42.2 Å². The number of aromatic nitrogens is 2. The number of nitrogens with zero attached hydrogens (tertiary/aromatic N) is 2. The molecule has 0 bridgehead atoms. The number of hydrogen-bond acceptors (Lipinski definition) is 4. The fraction of sp³-hybridized carbons (Fsp3) is 0.474. The molecule has 0 saturated carbocycles. The van der Waals surface area contributed by atoms with Gasteiger partial charge in [-0.1, -0.05) is 0 Å². The third-order valence-electron chi connectivity index (χ3n) is 4.25. The lowest BCUT2D eigenvalue weighted by molar-refractivity contribution is -0.119. The van der Waals surface area contributed by atoms with Crippen LogP contribution in [0.5, 0.6) is 5.75 Å². The fourth-order valence-corrected chi connectivity index (χ4v) is 3.13. The van der Waals surface area contributed by atoms with Crippen LogP contribution in [0.2, 0.25) is 0 Å². The second kappa shape index (κ2) is 6.88. The van der Waals surface area contributed by atoms with E-state index in [1.54, 1.807) is 4.68 Å². The summed E-state index contributed by atoms with van der Waals surface area (Å²) < 4.78 is 7.58. The van der Waals surface area contributed by atoms with Crippen LogP contribution >= 0.6 is 0 Å². The zero-order valence-electron chi connectivity index (χ0n) is 15.2. The Bertz CT molecular complexity index is 731. The van der Waals surface area contributed by atoms with E-state index >= 15 is 0 Å². The lowest BCUT2D eigenvalue weighted by atomic mass is 9.90. The van der Waals surface area contributed by atoms with Gasteiger partial charge in [0.05, 0.1) is 12.1 Å². The first kappa shape index (κ1) is 17.5. The zero-order chi connectivity index (χ0) is 18.0. The highest BCUT2D eigenvalue weighted by atomic mass is 16.5. The van der Waals surface area contributed by atoms with Crippen LogP contribution in [0.3, 0.4) is 0 Å². The van der Waals surface area contributed by atoms with Gasteiger partial charge in [-0.2, -0.15) is 5.10 Å². The molecule has 0 unspecified atom stereocenters. The molecule has 0 aliphatic carbocycles. The molecule has 1 aromatic heterocycles. The maximum atomic E-state index is 12.7. The van der Waals surface area contributed by atoms with Gasteiger partial charge in [0.25, 0.3) is 0 Å². The van der Waals surface area contributed by atoms with Crippen LogP contribution in [-0.2, 0) is 11.8 Å². The smallest absolute Gasteiger partial charge is 0.229 e. The summed E-state index contributed by atoms with van der Waals surface area (Å²) >= 11 is 0. The van der Waals surface area contributed by atoms with Crippen molar-refractivity contribution < 1.29 is 9.53 Å². The van der Waals surface area contributed by atoms with Gasteiger partial charge in [0, 0.05) is 37.9 Å². The molecule has 1 fully saturated rings. The highest BCUT2D eigenvalue weighted by Gasteiger charge is 2.34. The summed E-state index contributed by atoms with van der Waals surface area (Å²) in [6.45, 7) is 7.50. The van der Waals surface area contributed by atoms with Crippen LogP contribution in [0, 0.1) is 5.92 Å². The molecule has 3 rings (SSSR count). The Morgan fingerprint density at radius 3 is 2.60 bits per heavy atom. The van der Waals surface area contributed by atoms with Gasteiger partial charge < -0.3 is 15.4 Å². The van der Waals surface area contributed by atoms with Gasteiger partial charge in [-0.15, -0.1) is 0 Å². The molecule has 1 aliphatic heterocycles. The first-order valence-corrected chi connectivity index (χ1v) is 8.61. The number of aryl methyl sites for hydroxylation is 1. The average Bonchev–Trinajstić information content (AvgIpc) is 3.16. The molecule has 1 aromatic carbocycles. The van der Waals surface area contributed by atoms with Crippen molar-refractivity contribution in [2.75, 3.05) is 18.4 Å². The SMILES string of the molecule is Cn1cc([C@H]2CNC[C@@H]2C(=O)Nc2ccc(OC(C)(C)C)cc2)cn1. The second-order valence-electron chi connectivity index (χ2n) is 7.55. The molecule has 1 saturated heterocycles. The lowest BCUT2D eigenvalue weighted by Crippen LogP contribution is -2.28. The molecular weight excluding hydrogens is 316 g/mol. The summed E-state index contributed by atoms with van der Waals surface area (Å²) in [4.78, 5) is 12.7. The molecule has 2 atom stereocenters. The highest BCUT2D eigenvalue weighted by Crippen LogP contribution is 2.29. The van der Waals surface area contributed by atoms with Gasteiger partial charge in [0.2, 0.25) is 5.91 Å². The Labute approximate surface area is 148 Å². The summed E-state index contributed by atoms with van der Waals surface area (Å²) in [5.74, 6) is 0.872. The molecule has 1 amide bonds.